The van der Waals surface area contributed by atoms with Crippen molar-refractivity contribution in [2.45, 2.75) is 13.0 Å². The van der Waals surface area contributed by atoms with E-state index in [0.717, 1.165) is 11.1 Å². The summed E-state index contributed by atoms with van der Waals surface area (Å²) in [6, 6.07) is 12.8. The lowest BCUT2D eigenvalue weighted by molar-refractivity contribution is -0.136. The molecule has 6 heteroatoms. The second-order valence-corrected chi connectivity index (χ2v) is 7.33. The van der Waals surface area contributed by atoms with Crippen molar-refractivity contribution in [2.24, 2.45) is 5.92 Å². The Kier molecular flexibility index (Phi) is 6.75. The van der Waals surface area contributed by atoms with Gasteiger partial charge in [-0.25, -0.2) is 8.78 Å². The maximum atomic E-state index is 13.4. The van der Waals surface area contributed by atoms with Gasteiger partial charge >= 0.3 is 0 Å². The van der Waals surface area contributed by atoms with Crippen molar-refractivity contribution in [3.05, 3.63) is 71.3 Å². The third kappa shape index (κ3) is 4.75. The zero-order valence-electron chi connectivity index (χ0n) is 16.4. The third-order valence-corrected chi connectivity index (χ3v) is 5.29. The Labute approximate surface area is 165 Å². The number of hydrogen-bond acceptors (Lipinski definition) is 3. The van der Waals surface area contributed by atoms with Gasteiger partial charge < -0.3 is 10.2 Å². The molecule has 4 nitrogen and oxygen atoms in total. The predicted octanol–water partition coefficient (Wildman–Crippen LogP) is 3.05. The molecule has 2 aromatic carbocycles. The van der Waals surface area contributed by atoms with E-state index < -0.39 is 0 Å². The number of rotatable bonds is 6. The predicted molar refractivity (Wildman–Crippen MR) is 106 cm³/mol. The van der Waals surface area contributed by atoms with Gasteiger partial charge in [-0.3, -0.25) is 9.69 Å². The standard InChI is InChI=1S/C22H27F2N3O/c1-16(15-25-2)22(28)27-13-11-26(12-14-27)21(17-3-7-19(23)8-4-17)18-5-9-20(24)10-6-18/h3-10,16,21,25H,11-15H2,1-2H3. The minimum atomic E-state index is -0.282. The quantitative estimate of drug-likeness (QED) is 0.828. The van der Waals surface area contributed by atoms with Gasteiger partial charge in [0.1, 0.15) is 11.6 Å². The molecule has 150 valence electrons. The maximum Gasteiger partial charge on any atom is 0.226 e. The Morgan fingerprint density at radius 3 is 1.82 bits per heavy atom. The fourth-order valence-electron chi connectivity index (χ4n) is 3.81. The molecule has 2 aromatic rings. The van der Waals surface area contributed by atoms with Crippen LogP contribution < -0.4 is 5.32 Å². The highest BCUT2D eigenvalue weighted by molar-refractivity contribution is 5.78. The molecule has 1 fully saturated rings. The molecule has 0 aliphatic carbocycles. The number of amides is 1. The lowest BCUT2D eigenvalue weighted by atomic mass is 9.96. The molecule has 0 saturated carbocycles. The summed E-state index contributed by atoms with van der Waals surface area (Å²) in [6.07, 6.45) is 0. The average Bonchev–Trinajstić information content (AvgIpc) is 2.71. The number of benzene rings is 2. The van der Waals surface area contributed by atoms with Gasteiger partial charge in [0.25, 0.3) is 0 Å². The molecular weight excluding hydrogens is 360 g/mol. The number of carbonyl (C=O) groups excluding carboxylic acids is 1. The maximum absolute atomic E-state index is 13.4. The molecule has 3 rings (SSSR count). The summed E-state index contributed by atoms with van der Waals surface area (Å²) in [5.41, 5.74) is 1.91. The Hall–Kier alpha value is -2.31. The van der Waals surface area contributed by atoms with Crippen LogP contribution in [0.3, 0.4) is 0 Å². The summed E-state index contributed by atoms with van der Waals surface area (Å²) in [7, 11) is 1.84. The van der Waals surface area contributed by atoms with Crippen LogP contribution >= 0.6 is 0 Å². The molecule has 1 unspecified atom stereocenters. The molecule has 1 saturated heterocycles. The number of nitrogens with one attached hydrogen (secondary N) is 1. The van der Waals surface area contributed by atoms with Crippen molar-refractivity contribution >= 4 is 5.91 Å². The Bertz CT molecular complexity index is 726. The van der Waals surface area contributed by atoms with E-state index in [4.69, 9.17) is 0 Å². The van der Waals surface area contributed by atoms with E-state index >= 15 is 0 Å². The lowest BCUT2D eigenvalue weighted by Crippen LogP contribution is -2.51. The average molecular weight is 387 g/mol. The fraction of sp³-hybridized carbons (Fsp3) is 0.409. The second-order valence-electron chi connectivity index (χ2n) is 7.33. The van der Waals surface area contributed by atoms with Crippen molar-refractivity contribution in [3.63, 3.8) is 0 Å². The number of nitrogens with zero attached hydrogens (tertiary/aromatic N) is 2. The number of halogens is 2. The van der Waals surface area contributed by atoms with Gasteiger partial charge in [-0.05, 0) is 42.4 Å². The van der Waals surface area contributed by atoms with E-state index in [1.54, 1.807) is 24.3 Å². The molecule has 1 heterocycles. The van der Waals surface area contributed by atoms with Crippen LogP contribution in [0.2, 0.25) is 0 Å². The number of hydrogen-bond donors (Lipinski definition) is 1. The minimum absolute atomic E-state index is 0.0541. The first kappa shape index (κ1) is 20.4. The van der Waals surface area contributed by atoms with Gasteiger partial charge in [0.2, 0.25) is 5.91 Å². The van der Waals surface area contributed by atoms with Crippen LogP contribution in [0.15, 0.2) is 48.5 Å². The summed E-state index contributed by atoms with van der Waals surface area (Å²) in [5, 5.41) is 3.05. The van der Waals surface area contributed by atoms with Crippen LogP contribution in [0.5, 0.6) is 0 Å². The zero-order valence-corrected chi connectivity index (χ0v) is 16.4. The normalized spacial score (nSPS) is 16.4. The van der Waals surface area contributed by atoms with Crippen LogP contribution in [-0.2, 0) is 4.79 Å². The van der Waals surface area contributed by atoms with Crippen LogP contribution in [0.1, 0.15) is 24.1 Å². The summed E-state index contributed by atoms with van der Waals surface area (Å²) >= 11 is 0. The Morgan fingerprint density at radius 1 is 0.929 bits per heavy atom. The monoisotopic (exact) mass is 387 g/mol. The molecule has 1 atom stereocenters. The molecule has 1 amide bonds. The highest BCUT2D eigenvalue weighted by atomic mass is 19.1. The van der Waals surface area contributed by atoms with Crippen LogP contribution in [0, 0.1) is 17.6 Å². The first-order valence-corrected chi connectivity index (χ1v) is 9.68. The van der Waals surface area contributed by atoms with Crippen molar-refractivity contribution in [3.8, 4) is 0 Å². The van der Waals surface area contributed by atoms with Gasteiger partial charge in [-0.1, -0.05) is 31.2 Å². The smallest absolute Gasteiger partial charge is 0.226 e. The van der Waals surface area contributed by atoms with Crippen molar-refractivity contribution in [2.75, 3.05) is 39.8 Å². The van der Waals surface area contributed by atoms with Crippen LogP contribution in [0.4, 0.5) is 8.78 Å². The summed E-state index contributed by atoms with van der Waals surface area (Å²) in [5.74, 6) is -0.457. The highest BCUT2D eigenvalue weighted by Crippen LogP contribution is 2.30. The molecule has 0 spiro atoms. The SMILES string of the molecule is CNCC(C)C(=O)N1CCN(C(c2ccc(F)cc2)c2ccc(F)cc2)CC1. The number of piperazine rings is 1. The van der Waals surface area contributed by atoms with E-state index in [0.29, 0.717) is 32.7 Å². The van der Waals surface area contributed by atoms with Crippen molar-refractivity contribution < 1.29 is 13.6 Å². The van der Waals surface area contributed by atoms with E-state index in [2.05, 4.69) is 10.2 Å². The van der Waals surface area contributed by atoms with E-state index in [9.17, 15) is 13.6 Å². The molecule has 1 aliphatic heterocycles. The fourth-order valence-corrected chi connectivity index (χ4v) is 3.81. The molecule has 1 aliphatic rings. The first-order chi connectivity index (χ1) is 13.5. The summed E-state index contributed by atoms with van der Waals surface area (Å²) < 4.78 is 26.8. The van der Waals surface area contributed by atoms with Gasteiger partial charge in [0.05, 0.1) is 6.04 Å². The largest absolute Gasteiger partial charge is 0.340 e. The van der Waals surface area contributed by atoms with Crippen molar-refractivity contribution in [1.82, 2.24) is 15.1 Å². The number of carbonyl (C=O) groups is 1. The molecule has 0 bridgehead atoms. The molecular formula is C22H27F2N3O. The van der Waals surface area contributed by atoms with Crippen molar-refractivity contribution in [1.29, 1.82) is 0 Å². The summed E-state index contributed by atoms with van der Waals surface area (Å²) in [4.78, 5) is 16.7. The molecule has 0 radical (unpaired) electrons. The topological polar surface area (TPSA) is 35.6 Å². The second kappa shape index (κ2) is 9.26. The van der Waals surface area contributed by atoms with Gasteiger partial charge in [0.15, 0.2) is 0 Å². The Balaban J connectivity index is 1.77. The Morgan fingerprint density at radius 2 is 1.39 bits per heavy atom. The lowest BCUT2D eigenvalue weighted by Gasteiger charge is -2.40. The first-order valence-electron chi connectivity index (χ1n) is 9.68. The zero-order chi connectivity index (χ0) is 20.1. The van der Waals surface area contributed by atoms with Gasteiger partial charge in [-0.2, -0.15) is 0 Å². The minimum Gasteiger partial charge on any atom is -0.340 e. The molecule has 28 heavy (non-hydrogen) atoms. The van der Waals surface area contributed by atoms with E-state index in [1.165, 1.54) is 24.3 Å². The molecule has 0 aromatic heterocycles. The molecule has 1 N–H and O–H groups in total. The van der Waals surface area contributed by atoms with Crippen LogP contribution in [-0.4, -0.2) is 55.5 Å². The third-order valence-electron chi connectivity index (χ3n) is 5.29. The van der Waals surface area contributed by atoms with Crippen LogP contribution in [0.25, 0.3) is 0 Å². The highest BCUT2D eigenvalue weighted by Gasteiger charge is 2.29. The van der Waals surface area contributed by atoms with E-state index in [-0.39, 0.29) is 29.5 Å². The summed E-state index contributed by atoms with van der Waals surface area (Å²) in [6.45, 7) is 5.30. The van der Waals surface area contributed by atoms with Gasteiger partial charge in [0, 0.05) is 38.6 Å². The van der Waals surface area contributed by atoms with E-state index in [1.807, 2.05) is 18.9 Å². The van der Waals surface area contributed by atoms with Gasteiger partial charge in [-0.15, -0.1) is 0 Å².